The molecule has 2 aliphatic heterocycles. The molecule has 0 unspecified atom stereocenters. The minimum Gasteiger partial charge on any atom is -0.490 e. The minimum absolute atomic E-state index is 0.218. The maximum absolute atomic E-state index is 12.8. The number of anilines is 1. The molecule has 0 aliphatic carbocycles. The first kappa shape index (κ1) is 20.0. The first-order valence-corrected chi connectivity index (χ1v) is 10.8. The molecule has 2 heterocycles. The van der Waals surface area contributed by atoms with E-state index >= 15 is 0 Å². The topological polar surface area (TPSA) is 68.8 Å². The van der Waals surface area contributed by atoms with Crippen LogP contribution >= 0.6 is 0 Å². The number of rotatable bonds is 4. The molecule has 2 aliphatic rings. The minimum atomic E-state index is -0.218. The Morgan fingerprint density at radius 2 is 1.72 bits per heavy atom. The van der Waals surface area contributed by atoms with Gasteiger partial charge in [-0.3, -0.25) is 4.79 Å². The molecule has 5 rings (SSSR count). The second-order valence-electron chi connectivity index (χ2n) is 7.67. The maximum atomic E-state index is 12.8. The summed E-state index contributed by atoms with van der Waals surface area (Å²) in [5.41, 5.74) is 3.55. The molecule has 1 amide bonds. The van der Waals surface area contributed by atoms with E-state index < -0.39 is 0 Å². The Labute approximate surface area is 186 Å². The number of benzene rings is 3. The Morgan fingerprint density at radius 3 is 2.56 bits per heavy atom. The lowest BCUT2D eigenvalue weighted by atomic mass is 9.96. The van der Waals surface area contributed by atoms with Gasteiger partial charge in [0, 0.05) is 42.1 Å². The molecule has 3 aromatic carbocycles. The Kier molecular flexibility index (Phi) is 5.66. The molecule has 162 valence electrons. The number of hydrogen-bond donors (Lipinski definition) is 2. The largest absolute Gasteiger partial charge is 0.490 e. The second-order valence-corrected chi connectivity index (χ2v) is 7.67. The van der Waals surface area contributed by atoms with Crippen LogP contribution in [-0.4, -0.2) is 25.7 Å². The Bertz CT molecular complexity index is 1160. The van der Waals surface area contributed by atoms with Gasteiger partial charge in [-0.1, -0.05) is 24.3 Å². The standard InChI is InChI=1S/C26H24N2O4/c29-26(28-19-6-4-9-21(15-19)32-20-7-2-1-3-8-20)17-23-22-16-25-24(30-12-5-13-31-25)14-18(22)10-11-27-23/h1-4,6-9,14-17,27H,5,10-13H2,(H,28,29)/b23-17-. The summed E-state index contributed by atoms with van der Waals surface area (Å²) in [5.74, 6) is 2.68. The summed E-state index contributed by atoms with van der Waals surface area (Å²) in [4.78, 5) is 12.8. The molecule has 0 radical (unpaired) electrons. The Hall–Kier alpha value is -3.93. The van der Waals surface area contributed by atoms with Gasteiger partial charge in [-0.15, -0.1) is 0 Å². The van der Waals surface area contributed by atoms with E-state index in [1.807, 2.05) is 60.7 Å². The van der Waals surface area contributed by atoms with Crippen molar-refractivity contribution in [3.8, 4) is 23.0 Å². The van der Waals surface area contributed by atoms with Gasteiger partial charge in [-0.25, -0.2) is 0 Å². The van der Waals surface area contributed by atoms with E-state index in [-0.39, 0.29) is 5.91 Å². The smallest absolute Gasteiger partial charge is 0.250 e. The van der Waals surface area contributed by atoms with Gasteiger partial charge >= 0.3 is 0 Å². The number of amides is 1. The average molecular weight is 428 g/mol. The van der Waals surface area contributed by atoms with Crippen molar-refractivity contribution in [2.75, 3.05) is 25.1 Å². The Balaban J connectivity index is 1.34. The first-order chi connectivity index (χ1) is 15.7. The highest BCUT2D eigenvalue weighted by atomic mass is 16.5. The summed E-state index contributed by atoms with van der Waals surface area (Å²) >= 11 is 0. The molecule has 0 saturated heterocycles. The first-order valence-electron chi connectivity index (χ1n) is 10.8. The van der Waals surface area contributed by atoms with Crippen molar-refractivity contribution in [2.24, 2.45) is 0 Å². The molecule has 0 aromatic heterocycles. The highest BCUT2D eigenvalue weighted by Crippen LogP contribution is 2.36. The van der Waals surface area contributed by atoms with E-state index in [2.05, 4.69) is 10.6 Å². The van der Waals surface area contributed by atoms with Crippen LogP contribution in [0.2, 0.25) is 0 Å². The number of hydrogen-bond acceptors (Lipinski definition) is 5. The van der Waals surface area contributed by atoms with Gasteiger partial charge in [0.15, 0.2) is 11.5 Å². The molecule has 32 heavy (non-hydrogen) atoms. The van der Waals surface area contributed by atoms with Gasteiger partial charge in [-0.2, -0.15) is 0 Å². The molecule has 0 fully saturated rings. The molecule has 2 N–H and O–H groups in total. The van der Waals surface area contributed by atoms with Crippen LogP contribution in [0.25, 0.3) is 5.70 Å². The molecule has 0 bridgehead atoms. The summed E-state index contributed by atoms with van der Waals surface area (Å²) in [6, 6.07) is 20.9. The molecule has 0 spiro atoms. The SMILES string of the molecule is O=C(/C=C1\NCCc2cc3c(cc21)OCCCO3)Nc1cccc(Oc2ccccc2)c1. The number of nitrogens with one attached hydrogen (secondary N) is 2. The zero-order valence-corrected chi connectivity index (χ0v) is 17.6. The summed E-state index contributed by atoms with van der Waals surface area (Å²) in [6.07, 6.45) is 3.31. The molecule has 6 heteroatoms. The van der Waals surface area contributed by atoms with Crippen LogP contribution in [0.4, 0.5) is 5.69 Å². The van der Waals surface area contributed by atoms with E-state index in [1.165, 1.54) is 0 Å². The van der Waals surface area contributed by atoms with Gasteiger partial charge in [0.1, 0.15) is 11.5 Å². The number of ether oxygens (including phenoxy) is 3. The predicted molar refractivity (Wildman–Crippen MR) is 123 cm³/mol. The van der Waals surface area contributed by atoms with Gasteiger partial charge in [0.05, 0.1) is 13.2 Å². The second kappa shape index (κ2) is 9.06. The lowest BCUT2D eigenvalue weighted by molar-refractivity contribution is -0.111. The molecular formula is C26H24N2O4. The van der Waals surface area contributed by atoms with E-state index in [0.29, 0.717) is 24.7 Å². The van der Waals surface area contributed by atoms with Crippen LogP contribution in [0.15, 0.2) is 72.8 Å². The molecular weight excluding hydrogens is 404 g/mol. The summed E-state index contributed by atoms with van der Waals surface area (Å²) < 4.78 is 17.5. The van der Waals surface area contributed by atoms with E-state index in [1.54, 1.807) is 12.1 Å². The number of carbonyl (C=O) groups excluding carboxylic acids is 1. The van der Waals surface area contributed by atoms with E-state index in [0.717, 1.165) is 53.5 Å². The molecule has 6 nitrogen and oxygen atoms in total. The van der Waals surface area contributed by atoms with Crippen molar-refractivity contribution >= 4 is 17.3 Å². The van der Waals surface area contributed by atoms with Crippen molar-refractivity contribution in [3.05, 3.63) is 83.9 Å². The predicted octanol–water partition coefficient (Wildman–Crippen LogP) is 4.77. The fourth-order valence-electron chi connectivity index (χ4n) is 3.84. The summed E-state index contributed by atoms with van der Waals surface area (Å²) in [6.45, 7) is 2.04. The van der Waals surface area contributed by atoms with Gasteiger partial charge in [0.25, 0.3) is 0 Å². The normalized spacial score (nSPS) is 15.8. The van der Waals surface area contributed by atoms with Crippen molar-refractivity contribution in [2.45, 2.75) is 12.8 Å². The van der Waals surface area contributed by atoms with Crippen LogP contribution in [0.3, 0.4) is 0 Å². The maximum Gasteiger partial charge on any atom is 0.250 e. The lowest BCUT2D eigenvalue weighted by Gasteiger charge is -2.23. The van der Waals surface area contributed by atoms with Crippen LogP contribution < -0.4 is 24.8 Å². The van der Waals surface area contributed by atoms with Crippen LogP contribution in [0.5, 0.6) is 23.0 Å². The zero-order chi connectivity index (χ0) is 21.8. The number of fused-ring (bicyclic) bond motifs is 2. The average Bonchev–Trinajstić information content (AvgIpc) is 3.04. The van der Waals surface area contributed by atoms with E-state index in [4.69, 9.17) is 14.2 Å². The fraction of sp³-hybridized carbons (Fsp3) is 0.192. The molecule has 0 saturated carbocycles. The summed E-state index contributed by atoms with van der Waals surface area (Å²) in [7, 11) is 0. The van der Waals surface area contributed by atoms with Gasteiger partial charge in [-0.05, 0) is 48.4 Å². The number of carbonyl (C=O) groups is 1. The lowest BCUT2D eigenvalue weighted by Crippen LogP contribution is -2.24. The highest BCUT2D eigenvalue weighted by Gasteiger charge is 2.20. The van der Waals surface area contributed by atoms with Gasteiger partial charge in [0.2, 0.25) is 5.91 Å². The zero-order valence-electron chi connectivity index (χ0n) is 17.6. The van der Waals surface area contributed by atoms with Gasteiger partial charge < -0.3 is 24.8 Å². The molecule has 3 aromatic rings. The quantitative estimate of drug-likeness (QED) is 0.586. The van der Waals surface area contributed by atoms with Crippen LogP contribution in [0.1, 0.15) is 17.5 Å². The van der Waals surface area contributed by atoms with Crippen LogP contribution in [-0.2, 0) is 11.2 Å². The third-order valence-electron chi connectivity index (χ3n) is 5.33. The van der Waals surface area contributed by atoms with Crippen molar-refractivity contribution in [1.29, 1.82) is 0 Å². The van der Waals surface area contributed by atoms with Crippen LogP contribution in [0, 0.1) is 0 Å². The summed E-state index contributed by atoms with van der Waals surface area (Å²) in [5, 5.41) is 6.26. The van der Waals surface area contributed by atoms with Crippen molar-refractivity contribution < 1.29 is 19.0 Å². The number of para-hydroxylation sites is 1. The van der Waals surface area contributed by atoms with Crippen molar-refractivity contribution in [1.82, 2.24) is 5.32 Å². The monoisotopic (exact) mass is 428 g/mol. The Morgan fingerprint density at radius 1 is 0.938 bits per heavy atom. The van der Waals surface area contributed by atoms with E-state index in [9.17, 15) is 4.79 Å². The molecule has 0 atom stereocenters. The van der Waals surface area contributed by atoms with Crippen molar-refractivity contribution in [3.63, 3.8) is 0 Å². The third kappa shape index (κ3) is 4.54. The highest BCUT2D eigenvalue weighted by molar-refractivity contribution is 6.04. The fourth-order valence-corrected chi connectivity index (χ4v) is 3.84. The third-order valence-corrected chi connectivity index (χ3v) is 5.33.